The van der Waals surface area contributed by atoms with Gasteiger partial charge in [0.1, 0.15) is 0 Å². The Bertz CT molecular complexity index is 982. The molecule has 1 amide bonds. The highest BCUT2D eigenvalue weighted by molar-refractivity contribution is 7.89. The van der Waals surface area contributed by atoms with Crippen LogP contribution in [0.2, 0.25) is 5.02 Å². The van der Waals surface area contributed by atoms with Gasteiger partial charge in [-0.3, -0.25) is 9.69 Å². The fourth-order valence-electron chi connectivity index (χ4n) is 3.95. The minimum Gasteiger partial charge on any atom is -0.340 e. The van der Waals surface area contributed by atoms with Crippen LogP contribution in [0.15, 0.2) is 53.4 Å². The van der Waals surface area contributed by atoms with Crippen molar-refractivity contribution in [3.05, 3.63) is 64.7 Å². The summed E-state index contributed by atoms with van der Waals surface area (Å²) in [6.07, 6.45) is 1.04. The summed E-state index contributed by atoms with van der Waals surface area (Å²) in [5.74, 6) is 0.149. The van der Waals surface area contributed by atoms with E-state index in [1.165, 1.54) is 9.87 Å². The maximum absolute atomic E-state index is 12.7. The first kappa shape index (κ1) is 24.7. The van der Waals surface area contributed by atoms with Gasteiger partial charge in [-0.2, -0.15) is 4.31 Å². The van der Waals surface area contributed by atoms with E-state index in [1.54, 1.807) is 12.1 Å². The fourth-order valence-corrected chi connectivity index (χ4v) is 5.54. The Balaban J connectivity index is 1.46. The highest BCUT2D eigenvalue weighted by Gasteiger charge is 2.22. The molecule has 0 aliphatic carbocycles. The lowest BCUT2D eigenvalue weighted by Gasteiger charge is -2.34. The van der Waals surface area contributed by atoms with Crippen LogP contribution in [0.25, 0.3) is 0 Å². The van der Waals surface area contributed by atoms with E-state index in [2.05, 4.69) is 4.90 Å². The Hall–Kier alpha value is -1.93. The zero-order valence-corrected chi connectivity index (χ0v) is 20.4. The molecule has 0 spiro atoms. The van der Waals surface area contributed by atoms with Crippen molar-refractivity contribution in [2.24, 2.45) is 0 Å². The Morgan fingerprint density at radius 1 is 0.906 bits per heavy atom. The topological polar surface area (TPSA) is 60.9 Å². The first-order valence-electron chi connectivity index (χ1n) is 11.2. The van der Waals surface area contributed by atoms with Crippen LogP contribution in [0, 0.1) is 0 Å². The Morgan fingerprint density at radius 3 is 2.03 bits per heavy atom. The first-order valence-corrected chi connectivity index (χ1v) is 13.0. The number of piperazine rings is 1. The quantitative estimate of drug-likeness (QED) is 0.553. The summed E-state index contributed by atoms with van der Waals surface area (Å²) in [5, 5.41) is 0.740. The highest BCUT2D eigenvalue weighted by Crippen LogP contribution is 2.18. The van der Waals surface area contributed by atoms with Crippen LogP contribution >= 0.6 is 11.6 Å². The standard InChI is InChI=1S/C24H32ClN3O3S/c1-3-28(4-2)32(30,31)23-12-7-20(8-13-23)9-14-24(29)27-17-15-26(16-18-27)19-21-5-10-22(25)11-6-21/h5-8,10-13H,3-4,9,14-19H2,1-2H3. The van der Waals surface area contributed by atoms with Gasteiger partial charge in [0.2, 0.25) is 15.9 Å². The zero-order valence-electron chi connectivity index (χ0n) is 18.8. The minimum atomic E-state index is -3.45. The van der Waals surface area contributed by atoms with E-state index in [4.69, 9.17) is 11.6 Å². The number of benzene rings is 2. The molecule has 0 aromatic heterocycles. The fraction of sp³-hybridized carbons (Fsp3) is 0.458. The first-order chi connectivity index (χ1) is 15.3. The van der Waals surface area contributed by atoms with Gasteiger partial charge >= 0.3 is 0 Å². The molecule has 3 rings (SSSR count). The van der Waals surface area contributed by atoms with Gasteiger partial charge in [0.05, 0.1) is 4.90 Å². The second-order valence-electron chi connectivity index (χ2n) is 8.02. The molecule has 0 N–H and O–H groups in total. The predicted octanol–water partition coefficient (Wildman–Crippen LogP) is 3.65. The van der Waals surface area contributed by atoms with Gasteiger partial charge in [0, 0.05) is 57.3 Å². The summed E-state index contributed by atoms with van der Waals surface area (Å²) >= 11 is 5.95. The van der Waals surface area contributed by atoms with E-state index in [1.807, 2.05) is 55.1 Å². The van der Waals surface area contributed by atoms with Crippen LogP contribution in [0.4, 0.5) is 0 Å². The van der Waals surface area contributed by atoms with Crippen LogP contribution in [-0.2, 0) is 27.8 Å². The van der Waals surface area contributed by atoms with Crippen molar-refractivity contribution < 1.29 is 13.2 Å². The van der Waals surface area contributed by atoms with Crippen molar-refractivity contribution in [1.29, 1.82) is 0 Å². The molecule has 1 heterocycles. The van der Waals surface area contributed by atoms with Crippen molar-refractivity contribution in [2.75, 3.05) is 39.3 Å². The molecule has 2 aromatic carbocycles. The average molecular weight is 478 g/mol. The van der Waals surface area contributed by atoms with E-state index in [9.17, 15) is 13.2 Å². The lowest BCUT2D eigenvalue weighted by atomic mass is 10.1. The second-order valence-corrected chi connectivity index (χ2v) is 10.4. The molecule has 0 bridgehead atoms. The molecule has 0 saturated carbocycles. The molecule has 1 fully saturated rings. The Labute approximate surface area is 196 Å². The molecular weight excluding hydrogens is 446 g/mol. The van der Waals surface area contributed by atoms with Gasteiger partial charge in [-0.1, -0.05) is 49.7 Å². The maximum Gasteiger partial charge on any atom is 0.243 e. The molecule has 8 heteroatoms. The number of halogens is 1. The lowest BCUT2D eigenvalue weighted by Crippen LogP contribution is -2.48. The van der Waals surface area contributed by atoms with Crippen molar-refractivity contribution in [3.8, 4) is 0 Å². The summed E-state index contributed by atoms with van der Waals surface area (Å²) < 4.78 is 26.6. The van der Waals surface area contributed by atoms with Gasteiger partial charge in [0.15, 0.2) is 0 Å². The Morgan fingerprint density at radius 2 is 1.47 bits per heavy atom. The molecule has 1 aliphatic rings. The van der Waals surface area contributed by atoms with Crippen molar-refractivity contribution >= 4 is 27.5 Å². The predicted molar refractivity (Wildman–Crippen MR) is 128 cm³/mol. The number of carbonyl (C=O) groups is 1. The van der Waals surface area contributed by atoms with Crippen LogP contribution < -0.4 is 0 Å². The molecule has 0 atom stereocenters. The third kappa shape index (κ3) is 6.32. The van der Waals surface area contributed by atoms with Gasteiger partial charge < -0.3 is 4.90 Å². The SMILES string of the molecule is CCN(CC)S(=O)(=O)c1ccc(CCC(=O)N2CCN(Cc3ccc(Cl)cc3)CC2)cc1. The monoisotopic (exact) mass is 477 g/mol. The third-order valence-electron chi connectivity index (χ3n) is 5.94. The molecular formula is C24H32ClN3O3S. The summed E-state index contributed by atoms with van der Waals surface area (Å²) in [7, 11) is -3.45. The molecule has 0 radical (unpaired) electrons. The molecule has 1 saturated heterocycles. The van der Waals surface area contributed by atoms with E-state index < -0.39 is 10.0 Å². The average Bonchev–Trinajstić information content (AvgIpc) is 2.80. The van der Waals surface area contributed by atoms with E-state index in [-0.39, 0.29) is 5.91 Å². The number of nitrogens with zero attached hydrogens (tertiary/aromatic N) is 3. The van der Waals surface area contributed by atoms with Gasteiger partial charge in [-0.05, 0) is 41.8 Å². The molecule has 174 valence electrons. The molecule has 1 aliphatic heterocycles. The molecule has 32 heavy (non-hydrogen) atoms. The van der Waals surface area contributed by atoms with E-state index in [0.717, 1.165) is 43.3 Å². The number of carbonyl (C=O) groups excluding carboxylic acids is 1. The molecule has 0 unspecified atom stereocenters. The molecule has 6 nitrogen and oxygen atoms in total. The van der Waals surface area contributed by atoms with Crippen molar-refractivity contribution in [3.63, 3.8) is 0 Å². The minimum absolute atomic E-state index is 0.149. The number of hydrogen-bond acceptors (Lipinski definition) is 4. The van der Waals surface area contributed by atoms with E-state index in [0.29, 0.717) is 30.8 Å². The van der Waals surface area contributed by atoms with Crippen molar-refractivity contribution in [2.45, 2.75) is 38.1 Å². The summed E-state index contributed by atoms with van der Waals surface area (Å²) in [4.78, 5) is 17.2. The van der Waals surface area contributed by atoms with E-state index >= 15 is 0 Å². The number of sulfonamides is 1. The van der Waals surface area contributed by atoms with Gasteiger partial charge in [-0.25, -0.2) is 8.42 Å². The number of rotatable bonds is 9. The van der Waals surface area contributed by atoms with Crippen LogP contribution in [-0.4, -0.2) is 67.7 Å². The van der Waals surface area contributed by atoms with Crippen molar-refractivity contribution in [1.82, 2.24) is 14.1 Å². The largest absolute Gasteiger partial charge is 0.340 e. The number of hydrogen-bond donors (Lipinski definition) is 0. The number of amides is 1. The van der Waals surface area contributed by atoms with Crippen LogP contribution in [0.3, 0.4) is 0 Å². The lowest BCUT2D eigenvalue weighted by molar-refractivity contribution is -0.133. The van der Waals surface area contributed by atoms with Crippen LogP contribution in [0.5, 0.6) is 0 Å². The summed E-state index contributed by atoms with van der Waals surface area (Å²) in [6, 6.07) is 14.8. The smallest absolute Gasteiger partial charge is 0.243 e. The van der Waals surface area contributed by atoms with Gasteiger partial charge in [0.25, 0.3) is 0 Å². The summed E-state index contributed by atoms with van der Waals surface area (Å²) in [6.45, 7) is 8.59. The Kier molecular flexibility index (Phi) is 8.71. The van der Waals surface area contributed by atoms with Gasteiger partial charge in [-0.15, -0.1) is 0 Å². The maximum atomic E-state index is 12.7. The van der Waals surface area contributed by atoms with Crippen LogP contribution in [0.1, 0.15) is 31.4 Å². The molecule has 2 aromatic rings. The summed E-state index contributed by atoms with van der Waals surface area (Å²) in [5.41, 5.74) is 2.19. The number of aryl methyl sites for hydroxylation is 1. The third-order valence-corrected chi connectivity index (χ3v) is 8.25. The zero-order chi connectivity index (χ0) is 23.1. The normalized spacial score (nSPS) is 15.3. The highest BCUT2D eigenvalue weighted by atomic mass is 35.5. The second kappa shape index (κ2) is 11.3.